The maximum absolute atomic E-state index is 5.31. The highest BCUT2D eigenvalue weighted by molar-refractivity contribution is 7.71. The van der Waals surface area contributed by atoms with Crippen LogP contribution >= 0.6 is 12.2 Å². The van der Waals surface area contributed by atoms with E-state index in [1.165, 1.54) is 37.9 Å². The fraction of sp³-hybridized carbons (Fsp3) is 0.818. The summed E-state index contributed by atoms with van der Waals surface area (Å²) in [4.78, 5) is 0. The van der Waals surface area contributed by atoms with Crippen LogP contribution in [0.1, 0.15) is 49.9 Å². The molecule has 1 aromatic rings. The third-order valence-corrected chi connectivity index (χ3v) is 4.64. The number of nitrogens with zero attached hydrogens (tertiary/aromatic N) is 2. The molecular formula is C11H15N3S. The van der Waals surface area contributed by atoms with Gasteiger partial charge in [-0.05, 0) is 49.7 Å². The highest BCUT2D eigenvalue weighted by Gasteiger charge is 2.56. The Morgan fingerprint density at radius 2 is 1.93 bits per heavy atom. The summed E-state index contributed by atoms with van der Waals surface area (Å²) in [5.74, 6) is 3.89. The van der Waals surface area contributed by atoms with Gasteiger partial charge in [-0.3, -0.25) is 5.10 Å². The molecule has 4 rings (SSSR count). The summed E-state index contributed by atoms with van der Waals surface area (Å²) in [6.45, 7) is 0. The largest absolute Gasteiger partial charge is 0.301 e. The van der Waals surface area contributed by atoms with Crippen molar-refractivity contribution in [2.24, 2.45) is 11.8 Å². The summed E-state index contributed by atoms with van der Waals surface area (Å²) in [6, 6.07) is 0.674. The molecule has 2 unspecified atom stereocenters. The van der Waals surface area contributed by atoms with Gasteiger partial charge in [0.1, 0.15) is 5.82 Å². The van der Waals surface area contributed by atoms with Crippen molar-refractivity contribution in [2.45, 2.75) is 44.1 Å². The summed E-state index contributed by atoms with van der Waals surface area (Å²) < 4.78 is 3.15. The highest BCUT2D eigenvalue weighted by Crippen LogP contribution is 2.63. The molecule has 0 aliphatic heterocycles. The van der Waals surface area contributed by atoms with Crippen LogP contribution in [0, 0.1) is 16.6 Å². The molecule has 4 heteroatoms. The molecular weight excluding hydrogens is 206 g/mol. The SMILES string of the molecule is S=c1[nH]nc(C2C3CCCC32)n1C1CC1. The zero-order valence-electron chi connectivity index (χ0n) is 8.65. The topological polar surface area (TPSA) is 33.6 Å². The van der Waals surface area contributed by atoms with Gasteiger partial charge < -0.3 is 4.57 Å². The van der Waals surface area contributed by atoms with E-state index in [2.05, 4.69) is 14.8 Å². The van der Waals surface area contributed by atoms with Crippen molar-refractivity contribution in [1.82, 2.24) is 14.8 Å². The fourth-order valence-electron chi connectivity index (χ4n) is 3.44. The Kier molecular flexibility index (Phi) is 1.55. The van der Waals surface area contributed by atoms with E-state index in [0.717, 1.165) is 22.5 Å². The van der Waals surface area contributed by atoms with Crippen LogP contribution in [-0.2, 0) is 0 Å². The minimum atomic E-state index is 0.674. The molecule has 1 heterocycles. The molecule has 1 N–H and O–H groups in total. The van der Waals surface area contributed by atoms with Crippen LogP contribution < -0.4 is 0 Å². The van der Waals surface area contributed by atoms with Gasteiger partial charge in [-0.15, -0.1) is 0 Å². The first-order valence-electron chi connectivity index (χ1n) is 6.03. The molecule has 0 saturated heterocycles. The van der Waals surface area contributed by atoms with Gasteiger partial charge in [0.2, 0.25) is 0 Å². The molecule has 2 atom stereocenters. The smallest absolute Gasteiger partial charge is 0.195 e. The van der Waals surface area contributed by atoms with Gasteiger partial charge >= 0.3 is 0 Å². The van der Waals surface area contributed by atoms with Crippen molar-refractivity contribution >= 4 is 12.2 Å². The lowest BCUT2D eigenvalue weighted by atomic mass is 10.1. The maximum Gasteiger partial charge on any atom is 0.195 e. The summed E-state index contributed by atoms with van der Waals surface area (Å²) in [5, 5.41) is 7.45. The first kappa shape index (κ1) is 8.50. The van der Waals surface area contributed by atoms with Gasteiger partial charge in [-0.25, -0.2) is 0 Å². The van der Waals surface area contributed by atoms with Crippen molar-refractivity contribution in [2.75, 3.05) is 0 Å². The molecule has 80 valence electrons. The number of H-pyrrole nitrogens is 1. The summed E-state index contributed by atoms with van der Waals surface area (Å²) in [5.41, 5.74) is 0. The number of hydrogen-bond acceptors (Lipinski definition) is 2. The standard InChI is InChI=1S/C11H15N3S/c15-11-13-12-10(14(11)6-4-5-6)9-7-2-1-3-8(7)9/h6-9H,1-5H2,(H,13,15). The van der Waals surface area contributed by atoms with Crippen LogP contribution in [-0.4, -0.2) is 14.8 Å². The van der Waals surface area contributed by atoms with E-state index >= 15 is 0 Å². The zero-order chi connectivity index (χ0) is 9.99. The van der Waals surface area contributed by atoms with Gasteiger partial charge in [0.15, 0.2) is 4.77 Å². The van der Waals surface area contributed by atoms with Crippen molar-refractivity contribution in [3.05, 3.63) is 10.6 Å². The van der Waals surface area contributed by atoms with Crippen LogP contribution in [0.25, 0.3) is 0 Å². The van der Waals surface area contributed by atoms with Gasteiger partial charge in [-0.1, -0.05) is 6.42 Å². The average molecular weight is 221 g/mol. The van der Waals surface area contributed by atoms with E-state index in [-0.39, 0.29) is 0 Å². The number of aromatic amines is 1. The van der Waals surface area contributed by atoms with Gasteiger partial charge in [0.25, 0.3) is 0 Å². The first-order chi connectivity index (χ1) is 7.36. The predicted octanol–water partition coefficient (Wildman–Crippen LogP) is 2.79. The molecule has 0 radical (unpaired) electrons. The Labute approximate surface area is 93.9 Å². The van der Waals surface area contributed by atoms with Crippen molar-refractivity contribution in [3.8, 4) is 0 Å². The van der Waals surface area contributed by atoms with Crippen LogP contribution in [0.3, 0.4) is 0 Å². The number of hydrogen-bond donors (Lipinski definition) is 1. The molecule has 0 spiro atoms. The Hall–Kier alpha value is -0.640. The minimum absolute atomic E-state index is 0.674. The van der Waals surface area contributed by atoms with E-state index in [1.807, 2.05) is 0 Å². The maximum atomic E-state index is 5.31. The highest BCUT2D eigenvalue weighted by atomic mass is 32.1. The first-order valence-corrected chi connectivity index (χ1v) is 6.44. The number of nitrogens with one attached hydrogen (secondary N) is 1. The van der Waals surface area contributed by atoms with E-state index < -0.39 is 0 Å². The van der Waals surface area contributed by atoms with E-state index in [4.69, 9.17) is 12.2 Å². The molecule has 3 saturated carbocycles. The second-order valence-electron chi connectivity index (χ2n) is 5.27. The number of aromatic nitrogens is 3. The number of fused-ring (bicyclic) bond motifs is 1. The van der Waals surface area contributed by atoms with Gasteiger partial charge in [-0.2, -0.15) is 5.10 Å². The van der Waals surface area contributed by atoms with E-state index in [9.17, 15) is 0 Å². The molecule has 3 fully saturated rings. The quantitative estimate of drug-likeness (QED) is 0.779. The van der Waals surface area contributed by atoms with Crippen LogP contribution in [0.5, 0.6) is 0 Å². The summed E-state index contributed by atoms with van der Waals surface area (Å²) >= 11 is 5.31. The lowest BCUT2D eigenvalue weighted by Gasteiger charge is -2.05. The molecule has 3 aliphatic carbocycles. The predicted molar refractivity (Wildman–Crippen MR) is 59.3 cm³/mol. The Balaban J connectivity index is 1.73. The molecule has 0 aromatic carbocycles. The third-order valence-electron chi connectivity index (χ3n) is 4.35. The molecule has 0 bridgehead atoms. The second kappa shape index (κ2) is 2.73. The average Bonchev–Trinajstić information content (AvgIpc) is 3.11. The van der Waals surface area contributed by atoms with Crippen molar-refractivity contribution in [3.63, 3.8) is 0 Å². The van der Waals surface area contributed by atoms with E-state index in [0.29, 0.717) is 6.04 Å². The van der Waals surface area contributed by atoms with E-state index in [1.54, 1.807) is 0 Å². The molecule has 3 nitrogen and oxygen atoms in total. The minimum Gasteiger partial charge on any atom is -0.301 e. The zero-order valence-corrected chi connectivity index (χ0v) is 9.46. The van der Waals surface area contributed by atoms with Crippen molar-refractivity contribution in [1.29, 1.82) is 0 Å². The molecule has 1 aromatic heterocycles. The molecule has 3 aliphatic rings. The Morgan fingerprint density at radius 1 is 1.20 bits per heavy atom. The fourth-order valence-corrected chi connectivity index (χ4v) is 3.73. The van der Waals surface area contributed by atoms with Crippen LogP contribution in [0.15, 0.2) is 0 Å². The van der Waals surface area contributed by atoms with Gasteiger partial charge in [0, 0.05) is 12.0 Å². The monoisotopic (exact) mass is 221 g/mol. The summed E-state index contributed by atoms with van der Waals surface area (Å²) in [6.07, 6.45) is 6.85. The van der Waals surface area contributed by atoms with Crippen LogP contribution in [0.2, 0.25) is 0 Å². The lowest BCUT2D eigenvalue weighted by molar-refractivity contribution is 0.604. The van der Waals surface area contributed by atoms with Crippen molar-refractivity contribution < 1.29 is 0 Å². The number of rotatable bonds is 2. The second-order valence-corrected chi connectivity index (χ2v) is 5.66. The van der Waals surface area contributed by atoms with Crippen LogP contribution in [0.4, 0.5) is 0 Å². The lowest BCUT2D eigenvalue weighted by Crippen LogP contribution is -2.02. The summed E-state index contributed by atoms with van der Waals surface area (Å²) in [7, 11) is 0. The Bertz CT molecular complexity index is 447. The van der Waals surface area contributed by atoms with Gasteiger partial charge in [0.05, 0.1) is 0 Å². The normalized spacial score (nSPS) is 38.0. The molecule has 15 heavy (non-hydrogen) atoms. The third kappa shape index (κ3) is 1.11. The Morgan fingerprint density at radius 3 is 2.60 bits per heavy atom. The molecule has 0 amide bonds.